The first-order chi connectivity index (χ1) is 13.0. The Morgan fingerprint density at radius 3 is 2.74 bits per heavy atom. The largest absolute Gasteiger partial charge is 0.457 e. The third-order valence-corrected chi connectivity index (χ3v) is 3.88. The second kappa shape index (κ2) is 8.57. The summed E-state index contributed by atoms with van der Waals surface area (Å²) >= 11 is 0. The highest BCUT2D eigenvalue weighted by molar-refractivity contribution is 5.74. The molecule has 0 radical (unpaired) electrons. The minimum Gasteiger partial charge on any atom is -0.457 e. The molecule has 0 bridgehead atoms. The topological polar surface area (TPSA) is 90.1 Å². The molecule has 0 aliphatic heterocycles. The zero-order valence-corrected chi connectivity index (χ0v) is 14.9. The summed E-state index contributed by atoms with van der Waals surface area (Å²) in [7, 11) is 0. The Morgan fingerprint density at radius 1 is 1.19 bits per heavy atom. The van der Waals surface area contributed by atoms with Gasteiger partial charge in [-0.15, -0.1) is 0 Å². The molecule has 3 rings (SSSR count). The first-order valence-electron chi connectivity index (χ1n) is 8.48. The smallest absolute Gasteiger partial charge is 0.337 e. The Kier molecular flexibility index (Phi) is 5.95. The first-order valence-corrected chi connectivity index (χ1v) is 8.48. The van der Waals surface area contributed by atoms with Crippen molar-refractivity contribution in [3.8, 4) is 0 Å². The first kappa shape index (κ1) is 18.8. The van der Waals surface area contributed by atoms with Crippen molar-refractivity contribution in [1.29, 1.82) is 0 Å². The highest BCUT2D eigenvalue weighted by atomic mass is 16.6. The molecule has 0 aliphatic rings. The molecule has 2 aromatic heterocycles. The van der Waals surface area contributed by atoms with Crippen molar-refractivity contribution < 1.29 is 19.4 Å². The number of hydrogen-bond donors (Lipinski definition) is 1. The number of ether oxygens (including phenoxy) is 2. The number of aliphatic hydroxyl groups excluding tert-OH is 1. The fraction of sp³-hybridized carbons (Fsp3) is 0.250. The lowest BCUT2D eigenvalue weighted by molar-refractivity contribution is -0.158. The molecule has 140 valence electrons. The number of pyridine rings is 1. The lowest BCUT2D eigenvalue weighted by Gasteiger charge is -2.11. The SMILES string of the molecule is Cc1ccc2nc(COC(=O)[C@@H](O)COCc3ccccc3)cc(=O)n2c1. The Hall–Kier alpha value is -3.03. The van der Waals surface area contributed by atoms with E-state index in [1.807, 2.05) is 43.3 Å². The second-order valence-corrected chi connectivity index (χ2v) is 6.14. The zero-order valence-electron chi connectivity index (χ0n) is 14.9. The van der Waals surface area contributed by atoms with Crippen LogP contribution in [0, 0.1) is 6.92 Å². The lowest BCUT2D eigenvalue weighted by atomic mass is 10.2. The maximum absolute atomic E-state index is 12.1. The van der Waals surface area contributed by atoms with E-state index in [1.165, 1.54) is 10.5 Å². The second-order valence-electron chi connectivity index (χ2n) is 6.14. The van der Waals surface area contributed by atoms with Gasteiger partial charge in [0.25, 0.3) is 5.56 Å². The normalized spacial score (nSPS) is 12.1. The van der Waals surface area contributed by atoms with Crippen LogP contribution < -0.4 is 5.56 Å². The number of aliphatic hydroxyl groups is 1. The van der Waals surface area contributed by atoms with Crippen LogP contribution >= 0.6 is 0 Å². The summed E-state index contributed by atoms with van der Waals surface area (Å²) < 4.78 is 11.8. The zero-order chi connectivity index (χ0) is 19.2. The van der Waals surface area contributed by atoms with Gasteiger partial charge in [-0.3, -0.25) is 9.20 Å². The number of benzene rings is 1. The number of aromatic nitrogens is 2. The predicted octanol–water partition coefficient (Wildman–Crippen LogP) is 1.62. The van der Waals surface area contributed by atoms with Crippen LogP contribution in [-0.4, -0.2) is 33.2 Å². The molecule has 0 spiro atoms. The molecule has 2 heterocycles. The van der Waals surface area contributed by atoms with Crippen LogP contribution in [0.4, 0.5) is 0 Å². The number of esters is 1. The Bertz CT molecular complexity index is 985. The standard InChI is InChI=1S/C20H20N2O5/c1-14-7-8-18-21-16(9-19(24)22(18)10-14)12-27-20(25)17(23)13-26-11-15-5-3-2-4-6-15/h2-10,17,23H,11-13H2,1H3/t17-/m0/s1. The van der Waals surface area contributed by atoms with Gasteiger partial charge in [0.15, 0.2) is 6.10 Å². The summed E-state index contributed by atoms with van der Waals surface area (Å²) in [6, 6.07) is 14.3. The van der Waals surface area contributed by atoms with Gasteiger partial charge in [-0.2, -0.15) is 0 Å². The van der Waals surface area contributed by atoms with Crippen LogP contribution in [0.2, 0.25) is 0 Å². The van der Waals surface area contributed by atoms with Crippen LogP contribution in [0.3, 0.4) is 0 Å². The molecule has 1 N–H and O–H groups in total. The molecule has 0 saturated heterocycles. The Balaban J connectivity index is 1.53. The molecule has 7 heteroatoms. The third-order valence-electron chi connectivity index (χ3n) is 3.88. The Morgan fingerprint density at radius 2 is 1.96 bits per heavy atom. The summed E-state index contributed by atoms with van der Waals surface area (Å²) in [5, 5.41) is 9.84. The molecule has 7 nitrogen and oxygen atoms in total. The molecule has 0 saturated carbocycles. The fourth-order valence-corrected chi connectivity index (χ4v) is 2.50. The molecule has 1 aromatic carbocycles. The van der Waals surface area contributed by atoms with E-state index in [0.29, 0.717) is 11.3 Å². The lowest BCUT2D eigenvalue weighted by Crippen LogP contribution is -2.28. The molecule has 27 heavy (non-hydrogen) atoms. The summed E-state index contributed by atoms with van der Waals surface area (Å²) in [5.74, 6) is -0.825. The molecule has 0 fully saturated rings. The van der Waals surface area contributed by atoms with Crippen molar-refractivity contribution in [3.63, 3.8) is 0 Å². The van der Waals surface area contributed by atoms with E-state index in [4.69, 9.17) is 9.47 Å². The fourth-order valence-electron chi connectivity index (χ4n) is 2.50. The van der Waals surface area contributed by atoms with Gasteiger partial charge in [-0.1, -0.05) is 36.4 Å². The number of aryl methyl sites for hydroxylation is 1. The number of nitrogens with zero attached hydrogens (tertiary/aromatic N) is 2. The Labute approximate surface area is 155 Å². The van der Waals surface area contributed by atoms with Crippen LogP contribution in [0.25, 0.3) is 5.65 Å². The van der Waals surface area contributed by atoms with Crippen molar-refractivity contribution in [2.45, 2.75) is 26.2 Å². The van der Waals surface area contributed by atoms with Crippen LogP contribution in [-0.2, 0) is 27.5 Å². The number of rotatable bonds is 7. The van der Waals surface area contributed by atoms with Crippen LogP contribution in [0.1, 0.15) is 16.8 Å². The van der Waals surface area contributed by atoms with Gasteiger partial charge in [0.2, 0.25) is 0 Å². The monoisotopic (exact) mass is 368 g/mol. The van der Waals surface area contributed by atoms with E-state index in [2.05, 4.69) is 4.98 Å². The number of fused-ring (bicyclic) bond motifs is 1. The van der Waals surface area contributed by atoms with Crippen molar-refractivity contribution in [2.24, 2.45) is 0 Å². The number of carbonyl (C=O) groups excluding carboxylic acids is 1. The van der Waals surface area contributed by atoms with Gasteiger partial charge in [-0.05, 0) is 24.1 Å². The maximum Gasteiger partial charge on any atom is 0.337 e. The molecule has 0 unspecified atom stereocenters. The molecule has 0 amide bonds. The van der Waals surface area contributed by atoms with E-state index < -0.39 is 12.1 Å². The van der Waals surface area contributed by atoms with Crippen molar-refractivity contribution in [1.82, 2.24) is 9.38 Å². The molecule has 0 aliphatic carbocycles. The van der Waals surface area contributed by atoms with Crippen molar-refractivity contribution >= 4 is 11.6 Å². The molecule has 1 atom stereocenters. The van der Waals surface area contributed by atoms with Crippen LogP contribution in [0.15, 0.2) is 59.5 Å². The third kappa shape index (κ3) is 4.99. The average molecular weight is 368 g/mol. The number of carbonyl (C=O) groups is 1. The summed E-state index contributed by atoms with van der Waals surface area (Å²) in [5.41, 5.74) is 2.39. The van der Waals surface area contributed by atoms with Gasteiger partial charge in [0.1, 0.15) is 12.3 Å². The highest BCUT2D eigenvalue weighted by Gasteiger charge is 2.17. The van der Waals surface area contributed by atoms with Gasteiger partial charge >= 0.3 is 5.97 Å². The van der Waals surface area contributed by atoms with Crippen molar-refractivity contribution in [2.75, 3.05) is 6.61 Å². The summed E-state index contributed by atoms with van der Waals surface area (Å²) in [6.07, 6.45) is 0.284. The van der Waals surface area contributed by atoms with Gasteiger partial charge < -0.3 is 14.6 Å². The van der Waals surface area contributed by atoms with Gasteiger partial charge in [0.05, 0.1) is 18.9 Å². The van der Waals surface area contributed by atoms with E-state index in [1.54, 1.807) is 12.3 Å². The predicted molar refractivity (Wildman–Crippen MR) is 98.1 cm³/mol. The minimum absolute atomic E-state index is 0.180. The molecular weight excluding hydrogens is 348 g/mol. The van der Waals surface area contributed by atoms with E-state index >= 15 is 0 Å². The van der Waals surface area contributed by atoms with Crippen LogP contribution in [0.5, 0.6) is 0 Å². The van der Waals surface area contributed by atoms with E-state index in [9.17, 15) is 14.7 Å². The van der Waals surface area contributed by atoms with E-state index in [0.717, 1.165) is 11.1 Å². The summed E-state index contributed by atoms with van der Waals surface area (Å²) in [4.78, 5) is 28.3. The summed E-state index contributed by atoms with van der Waals surface area (Å²) in [6.45, 7) is 1.78. The highest BCUT2D eigenvalue weighted by Crippen LogP contribution is 2.05. The van der Waals surface area contributed by atoms with E-state index in [-0.39, 0.29) is 25.4 Å². The van der Waals surface area contributed by atoms with Crippen molar-refractivity contribution in [3.05, 3.63) is 81.9 Å². The van der Waals surface area contributed by atoms with Gasteiger partial charge in [0, 0.05) is 12.3 Å². The van der Waals surface area contributed by atoms with Gasteiger partial charge in [-0.25, -0.2) is 9.78 Å². The molecule has 3 aromatic rings. The minimum atomic E-state index is -1.40. The quantitative estimate of drug-likeness (QED) is 0.638. The number of hydrogen-bond acceptors (Lipinski definition) is 6. The molecular formula is C20H20N2O5. The maximum atomic E-state index is 12.1. The average Bonchev–Trinajstić information content (AvgIpc) is 2.67.